The van der Waals surface area contributed by atoms with Crippen LogP contribution in [-0.4, -0.2) is 23.3 Å². The van der Waals surface area contributed by atoms with E-state index < -0.39 is 22.9 Å². The molecule has 3 rings (SSSR count). The van der Waals surface area contributed by atoms with Crippen LogP contribution in [-0.2, 0) is 16.8 Å². The number of carboxylic acid groups (broad SMARTS) is 1. The first-order valence-electron chi connectivity index (χ1n) is 9.04. The minimum atomic E-state index is -1.19. The van der Waals surface area contributed by atoms with Gasteiger partial charge in [-0.1, -0.05) is 42.5 Å². The number of aliphatic carboxylic acids is 1. The Hall–Kier alpha value is -2.33. The van der Waals surface area contributed by atoms with Crippen molar-refractivity contribution in [2.75, 3.05) is 7.11 Å². The Balaban J connectivity index is 2.05. The van der Waals surface area contributed by atoms with Crippen molar-refractivity contribution in [2.45, 2.75) is 38.2 Å². The molecule has 3 atom stereocenters. The van der Waals surface area contributed by atoms with Gasteiger partial charge in [-0.2, -0.15) is 0 Å². The standard InChI is InChI=1S/C22H26O4/c1-21(20(23)24)13-6-14-22(25,17-9-11-18(26-2)12-10-17)19(21)15-16-7-4-3-5-8-16/h3-5,7-12,19,25H,6,13-15H2,1-2H3,(H,23,24)/t19-,21-,22-/m0/s1. The zero-order valence-corrected chi connectivity index (χ0v) is 15.3. The maximum atomic E-state index is 12.2. The van der Waals surface area contributed by atoms with E-state index in [1.54, 1.807) is 14.0 Å². The van der Waals surface area contributed by atoms with Crippen LogP contribution < -0.4 is 4.74 Å². The molecule has 0 aromatic heterocycles. The molecule has 2 N–H and O–H groups in total. The van der Waals surface area contributed by atoms with Crippen LogP contribution in [0.5, 0.6) is 5.75 Å². The third kappa shape index (κ3) is 3.21. The highest BCUT2D eigenvalue weighted by molar-refractivity contribution is 5.75. The monoisotopic (exact) mass is 354 g/mol. The van der Waals surface area contributed by atoms with E-state index in [0.717, 1.165) is 11.1 Å². The highest BCUT2D eigenvalue weighted by Crippen LogP contribution is 2.52. The van der Waals surface area contributed by atoms with Gasteiger partial charge >= 0.3 is 5.97 Å². The first-order chi connectivity index (χ1) is 12.4. The van der Waals surface area contributed by atoms with Gasteiger partial charge < -0.3 is 14.9 Å². The van der Waals surface area contributed by atoms with Crippen LogP contribution in [0.1, 0.15) is 37.3 Å². The molecule has 2 aromatic rings. The Morgan fingerprint density at radius 2 is 1.77 bits per heavy atom. The third-order valence-corrected chi connectivity index (χ3v) is 5.96. The van der Waals surface area contributed by atoms with Gasteiger partial charge in [0.05, 0.1) is 18.1 Å². The molecule has 1 fully saturated rings. The molecule has 4 nitrogen and oxygen atoms in total. The van der Waals surface area contributed by atoms with Crippen LogP contribution in [0.4, 0.5) is 0 Å². The molecule has 0 bridgehead atoms. The van der Waals surface area contributed by atoms with E-state index in [0.29, 0.717) is 31.4 Å². The molecule has 1 aliphatic rings. The van der Waals surface area contributed by atoms with Gasteiger partial charge in [-0.3, -0.25) is 4.79 Å². The molecule has 26 heavy (non-hydrogen) atoms. The molecule has 138 valence electrons. The topological polar surface area (TPSA) is 66.8 Å². The molecule has 0 heterocycles. The first-order valence-corrected chi connectivity index (χ1v) is 9.04. The summed E-state index contributed by atoms with van der Waals surface area (Å²) in [5.74, 6) is -0.545. The fraction of sp³-hybridized carbons (Fsp3) is 0.409. The SMILES string of the molecule is COc1ccc([C@@]2(O)CCC[C@](C)(C(=O)O)[C@@H]2Cc2ccccc2)cc1. The molecule has 0 saturated heterocycles. The van der Waals surface area contributed by atoms with Crippen LogP contribution >= 0.6 is 0 Å². The second kappa shape index (κ2) is 7.12. The second-order valence-electron chi connectivity index (χ2n) is 7.47. The Morgan fingerprint density at radius 1 is 1.12 bits per heavy atom. The van der Waals surface area contributed by atoms with Crippen LogP contribution in [0.25, 0.3) is 0 Å². The van der Waals surface area contributed by atoms with Crippen molar-refractivity contribution in [1.29, 1.82) is 0 Å². The summed E-state index contributed by atoms with van der Waals surface area (Å²) >= 11 is 0. The average molecular weight is 354 g/mol. The van der Waals surface area contributed by atoms with Crippen molar-refractivity contribution in [3.05, 3.63) is 65.7 Å². The fourth-order valence-corrected chi connectivity index (χ4v) is 4.33. The van der Waals surface area contributed by atoms with E-state index in [2.05, 4.69) is 0 Å². The molecule has 4 heteroatoms. The molecule has 0 radical (unpaired) electrons. The zero-order valence-electron chi connectivity index (χ0n) is 15.3. The molecular formula is C22H26O4. The lowest BCUT2D eigenvalue weighted by Gasteiger charge is -2.49. The van der Waals surface area contributed by atoms with Crippen molar-refractivity contribution in [3.63, 3.8) is 0 Å². The summed E-state index contributed by atoms with van der Waals surface area (Å²) in [6.45, 7) is 1.77. The lowest BCUT2D eigenvalue weighted by Crippen LogP contribution is -2.52. The minimum absolute atomic E-state index is 0.419. The van der Waals surface area contributed by atoms with Crippen LogP contribution in [0, 0.1) is 11.3 Å². The fourth-order valence-electron chi connectivity index (χ4n) is 4.33. The number of carboxylic acids is 1. The van der Waals surface area contributed by atoms with Crippen molar-refractivity contribution >= 4 is 5.97 Å². The number of ether oxygens (including phenoxy) is 1. The number of hydrogen-bond acceptors (Lipinski definition) is 3. The lowest BCUT2D eigenvalue weighted by molar-refractivity contribution is -0.171. The molecule has 0 amide bonds. The molecular weight excluding hydrogens is 328 g/mol. The van der Waals surface area contributed by atoms with Crippen molar-refractivity contribution in [3.8, 4) is 5.75 Å². The maximum Gasteiger partial charge on any atom is 0.309 e. The summed E-state index contributed by atoms with van der Waals surface area (Å²) < 4.78 is 5.22. The average Bonchev–Trinajstić information content (AvgIpc) is 2.66. The quantitative estimate of drug-likeness (QED) is 0.851. The van der Waals surface area contributed by atoms with Gasteiger partial charge in [0.2, 0.25) is 0 Å². The minimum Gasteiger partial charge on any atom is -0.497 e. The number of rotatable bonds is 5. The van der Waals surface area contributed by atoms with Crippen LogP contribution in [0.2, 0.25) is 0 Å². The van der Waals surface area contributed by atoms with E-state index in [1.807, 2.05) is 54.6 Å². The highest BCUT2D eigenvalue weighted by atomic mass is 16.5. The van der Waals surface area contributed by atoms with Gasteiger partial charge in [0, 0.05) is 5.92 Å². The van der Waals surface area contributed by atoms with Gasteiger partial charge in [-0.25, -0.2) is 0 Å². The summed E-state index contributed by atoms with van der Waals surface area (Å²) in [7, 11) is 1.60. The number of carbonyl (C=O) groups is 1. The Morgan fingerprint density at radius 3 is 2.35 bits per heavy atom. The van der Waals surface area contributed by atoms with E-state index in [-0.39, 0.29) is 0 Å². The zero-order chi connectivity index (χ0) is 18.8. The molecule has 2 aromatic carbocycles. The Labute approximate surface area is 154 Å². The summed E-state index contributed by atoms with van der Waals surface area (Å²) in [5.41, 5.74) is -0.374. The molecule has 0 spiro atoms. The van der Waals surface area contributed by atoms with Gasteiger partial charge in [-0.15, -0.1) is 0 Å². The molecule has 1 aliphatic carbocycles. The summed E-state index contributed by atoms with van der Waals surface area (Å²) in [5, 5.41) is 21.7. The smallest absolute Gasteiger partial charge is 0.309 e. The molecule has 0 unspecified atom stereocenters. The third-order valence-electron chi connectivity index (χ3n) is 5.96. The van der Waals surface area contributed by atoms with Gasteiger partial charge in [0.1, 0.15) is 5.75 Å². The van der Waals surface area contributed by atoms with E-state index in [1.165, 1.54) is 0 Å². The van der Waals surface area contributed by atoms with Gasteiger partial charge in [0.25, 0.3) is 0 Å². The predicted octanol–water partition coefficient (Wildman–Crippen LogP) is 4.02. The first kappa shape index (κ1) is 18.5. The van der Waals surface area contributed by atoms with Crippen molar-refractivity contribution in [2.24, 2.45) is 11.3 Å². The van der Waals surface area contributed by atoms with Gasteiger partial charge in [-0.05, 0) is 55.9 Å². The van der Waals surface area contributed by atoms with E-state index in [9.17, 15) is 15.0 Å². The number of hydrogen-bond donors (Lipinski definition) is 2. The molecule has 0 aliphatic heterocycles. The predicted molar refractivity (Wildman–Crippen MR) is 100 cm³/mol. The van der Waals surface area contributed by atoms with Crippen molar-refractivity contribution < 1.29 is 19.7 Å². The largest absolute Gasteiger partial charge is 0.497 e. The number of aliphatic hydroxyl groups is 1. The number of benzene rings is 2. The summed E-state index contributed by atoms with van der Waals surface area (Å²) in [4.78, 5) is 12.2. The Bertz CT molecular complexity index is 755. The summed E-state index contributed by atoms with van der Waals surface area (Å²) in [6, 6.07) is 17.2. The normalized spacial score (nSPS) is 28.5. The maximum absolute atomic E-state index is 12.2. The number of methoxy groups -OCH3 is 1. The Kier molecular flexibility index (Phi) is 5.05. The lowest BCUT2D eigenvalue weighted by atomic mass is 9.57. The summed E-state index contributed by atoms with van der Waals surface area (Å²) in [6.07, 6.45) is 2.32. The van der Waals surface area contributed by atoms with Crippen molar-refractivity contribution in [1.82, 2.24) is 0 Å². The second-order valence-corrected chi connectivity index (χ2v) is 7.47. The molecule has 1 saturated carbocycles. The van der Waals surface area contributed by atoms with E-state index in [4.69, 9.17) is 4.74 Å². The highest BCUT2D eigenvalue weighted by Gasteiger charge is 2.55. The van der Waals surface area contributed by atoms with Crippen LogP contribution in [0.15, 0.2) is 54.6 Å². The van der Waals surface area contributed by atoms with Crippen LogP contribution in [0.3, 0.4) is 0 Å². The van der Waals surface area contributed by atoms with E-state index >= 15 is 0 Å². The van der Waals surface area contributed by atoms with Gasteiger partial charge in [0.15, 0.2) is 0 Å².